The molecule has 0 spiro atoms. The fourth-order valence-corrected chi connectivity index (χ4v) is 1.31. The number of nitrogens with one attached hydrogen (secondary N) is 2. The van der Waals surface area contributed by atoms with Gasteiger partial charge in [-0.05, 0) is 25.2 Å². The SMILES string of the molecule is CNC(=S)N/N=C/c1ccc([N+](=O)[O-])o1.Cc1ccccc1.[Br-].[C-]#[O+].[C-]#[O+].[C-]#[O+].[Re]. The Balaban J connectivity index is -0.000000118. The van der Waals surface area contributed by atoms with Crippen molar-refractivity contribution in [2.45, 2.75) is 6.92 Å². The van der Waals surface area contributed by atoms with Crippen molar-refractivity contribution >= 4 is 29.4 Å². The molecule has 0 aliphatic heterocycles. The Morgan fingerprint density at radius 3 is 1.97 bits per heavy atom. The number of hydrazone groups is 1. The van der Waals surface area contributed by atoms with Gasteiger partial charge >= 0.3 is 39.8 Å². The van der Waals surface area contributed by atoms with Crippen molar-refractivity contribution in [3.8, 4) is 0 Å². The van der Waals surface area contributed by atoms with Gasteiger partial charge in [0.05, 0.1) is 12.3 Å². The Bertz CT molecular complexity index is 767. The predicted molar refractivity (Wildman–Crippen MR) is 101 cm³/mol. The van der Waals surface area contributed by atoms with Gasteiger partial charge in [-0.25, -0.2) is 0 Å². The maximum Gasteiger partial charge on any atom is 0 e. The molecule has 0 aliphatic rings. The molecule has 0 amide bonds. The van der Waals surface area contributed by atoms with Crippen LogP contribution in [0.3, 0.4) is 0 Å². The van der Waals surface area contributed by atoms with Gasteiger partial charge in [0.1, 0.15) is 4.92 Å². The number of hydrogen-bond acceptors (Lipinski definition) is 5. The minimum absolute atomic E-state index is 0. The molecule has 0 aliphatic carbocycles. The molecule has 0 unspecified atom stereocenters. The molecule has 161 valence electrons. The third kappa shape index (κ3) is 21.9. The summed E-state index contributed by atoms with van der Waals surface area (Å²) in [4.78, 5) is 9.64. The van der Waals surface area contributed by atoms with Crippen LogP contribution in [-0.2, 0) is 34.4 Å². The molecule has 0 saturated heterocycles. The van der Waals surface area contributed by atoms with Gasteiger partial charge in [0.25, 0.3) is 0 Å². The van der Waals surface area contributed by atoms with Gasteiger partial charge in [-0.3, -0.25) is 15.5 Å². The zero-order chi connectivity index (χ0) is 22.4. The Labute approximate surface area is 203 Å². The molecule has 30 heavy (non-hydrogen) atoms. The summed E-state index contributed by atoms with van der Waals surface area (Å²) >= 11 is 4.74. The number of nitrogens with zero attached hydrogens (tertiary/aromatic N) is 2. The number of rotatable bonds is 3. The molecule has 0 fully saturated rings. The normalized spacial score (nSPS) is 7.33. The zero-order valence-corrected chi connectivity index (χ0v) is 20.7. The zero-order valence-electron chi connectivity index (χ0n) is 15.6. The Morgan fingerprint density at radius 2 is 1.63 bits per heavy atom. The maximum absolute atomic E-state index is 10.3. The van der Waals surface area contributed by atoms with Crippen molar-refractivity contribution in [1.29, 1.82) is 0 Å². The molecule has 0 atom stereocenters. The third-order valence-corrected chi connectivity index (χ3v) is 2.61. The van der Waals surface area contributed by atoms with Gasteiger partial charge < -0.3 is 26.7 Å². The van der Waals surface area contributed by atoms with Crippen LogP contribution in [0.4, 0.5) is 5.88 Å². The van der Waals surface area contributed by atoms with Crippen LogP contribution in [0.25, 0.3) is 0 Å². The quantitative estimate of drug-likeness (QED) is 0.112. The standard InChI is InChI=1S/C7H8N4O3S.C7H8.3CO.BrH.Re/c1-8-7(15)10-9-4-5-2-3-6(14-5)11(12)13;1-7-5-3-2-4-6-7;3*1-2;;/h2-4H,1H3,(H2,8,10,15);2-6H,1H3;;;;1H;/p-1/b9-4+;;;;;;. The Kier molecular flexibility index (Phi) is 36.8. The summed E-state index contributed by atoms with van der Waals surface area (Å²) in [5.74, 6) is -0.0549. The number of aryl methyl sites for hydroxylation is 1. The summed E-state index contributed by atoms with van der Waals surface area (Å²) in [5.41, 5.74) is 3.80. The molecule has 13 heteroatoms. The van der Waals surface area contributed by atoms with Crippen LogP contribution in [0, 0.1) is 37.0 Å². The van der Waals surface area contributed by atoms with E-state index in [0.717, 1.165) is 0 Å². The van der Waals surface area contributed by atoms with E-state index in [9.17, 15) is 10.1 Å². The third-order valence-electron chi connectivity index (χ3n) is 2.32. The first-order chi connectivity index (χ1) is 13.5. The Hall–Kier alpha value is -2.38. The van der Waals surface area contributed by atoms with Crippen LogP contribution in [0.5, 0.6) is 0 Å². The Morgan fingerprint density at radius 1 is 1.13 bits per heavy atom. The first kappa shape index (κ1) is 38.3. The summed E-state index contributed by atoms with van der Waals surface area (Å²) in [7, 11) is 1.64. The first-order valence-electron chi connectivity index (χ1n) is 6.91. The summed E-state index contributed by atoms with van der Waals surface area (Å²) in [6.07, 6.45) is 1.29. The second-order valence-corrected chi connectivity index (χ2v) is 4.45. The van der Waals surface area contributed by atoms with Crippen LogP contribution in [0.15, 0.2) is 52.0 Å². The molecule has 2 rings (SSSR count). The van der Waals surface area contributed by atoms with Crippen LogP contribution in [-0.4, -0.2) is 23.3 Å². The summed E-state index contributed by atoms with van der Waals surface area (Å²) in [6.45, 7) is 15.6. The van der Waals surface area contributed by atoms with Crippen molar-refractivity contribution in [2.75, 3.05) is 7.05 Å². The molecule has 1 aromatic carbocycles. The molecule has 1 aromatic heterocycles. The topological polar surface area (TPSA) is 152 Å². The van der Waals surface area contributed by atoms with Crippen molar-refractivity contribution in [2.24, 2.45) is 5.10 Å². The fourth-order valence-electron chi connectivity index (χ4n) is 1.25. The predicted octanol–water partition coefficient (Wildman–Crippen LogP) is -0.500. The number of thiocarbonyl (C=S) groups is 1. The van der Waals surface area contributed by atoms with Gasteiger partial charge in [-0.1, -0.05) is 35.9 Å². The van der Waals surface area contributed by atoms with Gasteiger partial charge in [0.15, 0.2) is 10.9 Å². The molecular formula is C17H16BrN4O6ReS-. The van der Waals surface area contributed by atoms with Crippen LogP contribution in [0.1, 0.15) is 11.3 Å². The molecule has 1 heterocycles. The van der Waals surface area contributed by atoms with Crippen LogP contribution < -0.4 is 27.7 Å². The second-order valence-electron chi connectivity index (χ2n) is 4.04. The van der Waals surface area contributed by atoms with E-state index in [1.54, 1.807) is 7.05 Å². The van der Waals surface area contributed by atoms with E-state index >= 15 is 0 Å². The number of hydrogen-bond donors (Lipinski definition) is 2. The van der Waals surface area contributed by atoms with E-state index < -0.39 is 4.92 Å². The average Bonchev–Trinajstić information content (AvgIpc) is 3.23. The summed E-state index contributed by atoms with van der Waals surface area (Å²) in [5, 5.41) is 16.9. The van der Waals surface area contributed by atoms with E-state index in [0.29, 0.717) is 5.11 Å². The van der Waals surface area contributed by atoms with Crippen molar-refractivity contribution in [3.63, 3.8) is 0 Å². The summed E-state index contributed by atoms with van der Waals surface area (Å²) < 4.78 is 27.3. The first-order valence-corrected chi connectivity index (χ1v) is 7.31. The average molecular weight is 671 g/mol. The summed E-state index contributed by atoms with van der Waals surface area (Å²) in [6, 6.07) is 12.9. The second kappa shape index (κ2) is 28.8. The molecule has 1 radical (unpaired) electrons. The van der Waals surface area contributed by atoms with E-state index in [-0.39, 0.29) is 49.0 Å². The van der Waals surface area contributed by atoms with Gasteiger partial charge in [-0.15, -0.1) is 0 Å². The largest absolute Gasteiger partial charge is 0 e. The maximum atomic E-state index is 10.3. The number of nitro groups is 1. The van der Waals surface area contributed by atoms with Crippen LogP contribution in [0.2, 0.25) is 0 Å². The minimum Gasteiger partial charge on any atom is 0 e. The van der Waals surface area contributed by atoms with E-state index in [4.69, 9.17) is 30.6 Å². The molecule has 2 N–H and O–H groups in total. The molecular weight excluding hydrogens is 654 g/mol. The van der Waals surface area contributed by atoms with E-state index in [1.807, 2.05) is 18.2 Å². The minimum atomic E-state index is -0.622. The van der Waals surface area contributed by atoms with Gasteiger partial charge in [-0.2, -0.15) is 5.10 Å². The van der Waals surface area contributed by atoms with Crippen LogP contribution >= 0.6 is 12.2 Å². The van der Waals surface area contributed by atoms with Crippen molar-refractivity contribution in [1.82, 2.24) is 10.7 Å². The smallest absolute Gasteiger partial charge is 0 e. The molecule has 2 aromatic rings. The molecule has 0 bridgehead atoms. The van der Waals surface area contributed by atoms with Gasteiger partial charge in [0.2, 0.25) is 0 Å². The van der Waals surface area contributed by atoms with E-state index in [1.165, 1.54) is 23.9 Å². The fraction of sp³-hybridized carbons (Fsp3) is 0.118. The number of furan rings is 1. The molecule has 10 nitrogen and oxygen atoms in total. The van der Waals surface area contributed by atoms with Crippen molar-refractivity contribution < 1.29 is 60.7 Å². The number of benzene rings is 1. The van der Waals surface area contributed by atoms with Crippen molar-refractivity contribution in [3.05, 3.63) is 83.9 Å². The monoisotopic (exact) mass is 670 g/mol. The van der Waals surface area contributed by atoms with Gasteiger partial charge in [0, 0.05) is 27.5 Å². The molecule has 0 saturated carbocycles. The number of halogens is 1. The van der Waals surface area contributed by atoms with E-state index in [2.05, 4.69) is 54.9 Å².